The van der Waals surface area contributed by atoms with Crippen molar-refractivity contribution < 1.29 is 38.2 Å². The molecule has 38 heavy (non-hydrogen) atoms. The fraction of sp³-hybridized carbons (Fsp3) is 0.200. The van der Waals surface area contributed by atoms with E-state index in [1.165, 1.54) is 31.5 Å². The summed E-state index contributed by atoms with van der Waals surface area (Å²) in [5.41, 5.74) is -0.198. The number of amides is 1. The number of ether oxygens (including phenoxy) is 3. The van der Waals surface area contributed by atoms with Crippen LogP contribution in [0, 0.1) is 0 Å². The zero-order valence-electron chi connectivity index (χ0n) is 20.0. The van der Waals surface area contributed by atoms with Crippen LogP contribution in [0.2, 0.25) is 0 Å². The highest BCUT2D eigenvalue weighted by atomic mass is 31.2. The molecule has 2 heterocycles. The number of aromatic nitrogens is 2. The number of carbonyl (C=O) groups is 2. The third-order valence-corrected chi connectivity index (χ3v) is 6.16. The van der Waals surface area contributed by atoms with Gasteiger partial charge in [-0.3, -0.25) is 13.9 Å². The molecule has 3 N–H and O–H groups in total. The Morgan fingerprint density at radius 1 is 1.03 bits per heavy atom. The maximum Gasteiger partial charge on any atom is 0.351 e. The lowest BCUT2D eigenvalue weighted by Crippen LogP contribution is -2.39. The molecule has 0 saturated carbocycles. The average Bonchev–Trinajstić information content (AvgIpc) is 3.24. The molecule has 4 atom stereocenters. The van der Waals surface area contributed by atoms with E-state index in [9.17, 15) is 28.7 Å². The van der Waals surface area contributed by atoms with Crippen molar-refractivity contribution in [3.05, 3.63) is 106 Å². The molecular formula is C25H24N3O9P. The molecule has 4 rings (SSSR count). The third kappa shape index (κ3) is 6.49. The summed E-state index contributed by atoms with van der Waals surface area (Å²) in [6.07, 6.45) is -2.21. The largest absolute Gasteiger partial charge is 0.453 e. The van der Waals surface area contributed by atoms with Gasteiger partial charge in [0.15, 0.2) is 12.3 Å². The van der Waals surface area contributed by atoms with E-state index in [4.69, 9.17) is 14.2 Å². The molecule has 1 fully saturated rings. The van der Waals surface area contributed by atoms with Gasteiger partial charge in [-0.2, -0.15) is 4.98 Å². The highest BCUT2D eigenvalue weighted by Crippen LogP contribution is 2.39. The van der Waals surface area contributed by atoms with Crippen molar-refractivity contribution in [3.8, 4) is 0 Å². The number of carbonyl (C=O) groups excluding carboxylic acids is 2. The van der Waals surface area contributed by atoms with Crippen LogP contribution in [0.4, 0.5) is 5.82 Å². The number of nitrogens with zero attached hydrogens (tertiary/aromatic N) is 2. The Balaban J connectivity index is 1.60. The van der Waals surface area contributed by atoms with Gasteiger partial charge in [0.05, 0.1) is 5.56 Å². The van der Waals surface area contributed by atoms with Crippen molar-refractivity contribution in [1.82, 2.24) is 9.55 Å². The molecule has 1 aromatic heterocycles. The number of nitrogens with one attached hydrogen (secondary N) is 1. The van der Waals surface area contributed by atoms with Crippen molar-refractivity contribution >= 4 is 25.3 Å². The van der Waals surface area contributed by atoms with Gasteiger partial charge >= 0.3 is 19.3 Å². The first-order valence-corrected chi connectivity index (χ1v) is 13.0. The molecule has 2 aromatic carbocycles. The van der Waals surface area contributed by atoms with Crippen LogP contribution in [-0.4, -0.2) is 56.6 Å². The molecule has 0 radical (unpaired) electrons. The molecule has 3 aromatic rings. The first-order chi connectivity index (χ1) is 18.2. The molecule has 13 heteroatoms. The summed E-state index contributed by atoms with van der Waals surface area (Å²) >= 11 is 0. The highest BCUT2D eigenvalue weighted by molar-refractivity contribution is 7.55. The van der Waals surface area contributed by atoms with Gasteiger partial charge in [-0.25, -0.2) is 9.59 Å². The summed E-state index contributed by atoms with van der Waals surface area (Å²) in [5, 5.41) is 2.54. The second-order valence-electron chi connectivity index (χ2n) is 8.18. The molecule has 1 amide bonds. The lowest BCUT2D eigenvalue weighted by Gasteiger charge is -2.23. The minimum atomic E-state index is -4.57. The van der Waals surface area contributed by atoms with E-state index in [1.54, 1.807) is 48.5 Å². The maximum atomic E-state index is 12.9. The predicted octanol–water partition coefficient (Wildman–Crippen LogP) is 2.33. The number of benzene rings is 2. The number of hydrogen-bond donors (Lipinski definition) is 3. The van der Waals surface area contributed by atoms with Gasteiger partial charge in [0.25, 0.3) is 5.91 Å². The molecule has 0 aliphatic carbocycles. The van der Waals surface area contributed by atoms with Gasteiger partial charge in [-0.1, -0.05) is 36.4 Å². The minimum absolute atomic E-state index is 0.00272. The standard InChI is InChI=1S/C25H24N3O9P/c1-35-21-20(37-24(30)17-10-6-3-7-11-17)18(13-15-38(32,33)34)36-23(21)28-14-12-19(27-25(28)31)26-22(29)16-8-4-2-5-9-16/h2-15,18,20-21,23H,1H3,(H2,32,33,34)(H,26,27,29,31)/t18-,20-,21-,23-/m1/s1. The Kier molecular flexibility index (Phi) is 8.30. The van der Waals surface area contributed by atoms with E-state index >= 15 is 0 Å². The van der Waals surface area contributed by atoms with E-state index < -0.39 is 49.7 Å². The van der Waals surface area contributed by atoms with Gasteiger partial charge in [-0.05, 0) is 36.4 Å². The Morgan fingerprint density at radius 3 is 2.24 bits per heavy atom. The van der Waals surface area contributed by atoms with Crippen molar-refractivity contribution in [1.29, 1.82) is 0 Å². The third-order valence-electron chi connectivity index (χ3n) is 5.60. The van der Waals surface area contributed by atoms with Gasteiger partial charge in [0.1, 0.15) is 18.0 Å². The second kappa shape index (κ2) is 11.6. The van der Waals surface area contributed by atoms with Crippen molar-refractivity contribution in [2.75, 3.05) is 12.4 Å². The fourth-order valence-corrected chi connectivity index (χ4v) is 4.24. The molecule has 1 saturated heterocycles. The van der Waals surface area contributed by atoms with Crippen LogP contribution in [0.5, 0.6) is 0 Å². The molecule has 1 aliphatic heterocycles. The molecule has 12 nitrogen and oxygen atoms in total. The molecule has 0 bridgehead atoms. The zero-order valence-corrected chi connectivity index (χ0v) is 20.9. The van der Waals surface area contributed by atoms with Crippen LogP contribution >= 0.6 is 7.60 Å². The zero-order chi connectivity index (χ0) is 27.3. The van der Waals surface area contributed by atoms with E-state index in [0.717, 1.165) is 10.6 Å². The number of methoxy groups -OCH3 is 1. The summed E-state index contributed by atoms with van der Waals surface area (Å²) in [7, 11) is -3.26. The van der Waals surface area contributed by atoms with E-state index in [0.29, 0.717) is 11.4 Å². The van der Waals surface area contributed by atoms with E-state index in [1.807, 2.05) is 0 Å². The summed E-state index contributed by atoms with van der Waals surface area (Å²) in [5.74, 6) is -0.560. The first-order valence-electron chi connectivity index (χ1n) is 11.3. The minimum Gasteiger partial charge on any atom is -0.453 e. The van der Waals surface area contributed by atoms with Crippen LogP contribution < -0.4 is 11.0 Å². The number of esters is 1. The Bertz CT molecular complexity index is 1420. The Morgan fingerprint density at radius 2 is 1.66 bits per heavy atom. The summed E-state index contributed by atoms with van der Waals surface area (Å²) in [4.78, 5) is 60.5. The van der Waals surface area contributed by atoms with Crippen LogP contribution in [0.25, 0.3) is 0 Å². The van der Waals surface area contributed by atoms with Crippen molar-refractivity contribution in [2.24, 2.45) is 0 Å². The Labute approximate surface area is 216 Å². The Hall–Kier alpha value is -3.93. The number of hydrogen-bond acceptors (Lipinski definition) is 8. The monoisotopic (exact) mass is 541 g/mol. The maximum absolute atomic E-state index is 12.9. The molecule has 198 valence electrons. The fourth-order valence-electron chi connectivity index (χ4n) is 3.85. The number of rotatable bonds is 8. The highest BCUT2D eigenvalue weighted by Gasteiger charge is 2.48. The summed E-state index contributed by atoms with van der Waals surface area (Å²) in [6.45, 7) is 0. The summed E-state index contributed by atoms with van der Waals surface area (Å²) < 4.78 is 29.5. The normalized spacial score (nSPS) is 21.3. The lowest BCUT2D eigenvalue weighted by atomic mass is 10.1. The van der Waals surface area contributed by atoms with Crippen molar-refractivity contribution in [3.63, 3.8) is 0 Å². The van der Waals surface area contributed by atoms with Crippen molar-refractivity contribution in [2.45, 2.75) is 24.5 Å². The van der Waals surface area contributed by atoms with E-state index in [2.05, 4.69) is 10.3 Å². The SMILES string of the molecule is CO[C@@H]1[C@H](OC(=O)c2ccccc2)[C@@H](C=CP(=O)(O)O)O[C@H]1n1ccc(NC(=O)c2ccccc2)nc1=O. The molecule has 0 spiro atoms. The molecule has 1 aliphatic rings. The van der Waals surface area contributed by atoms with E-state index in [-0.39, 0.29) is 11.4 Å². The topological polar surface area (TPSA) is 166 Å². The van der Waals surface area contributed by atoms with Crippen LogP contribution in [0.1, 0.15) is 26.9 Å². The first kappa shape index (κ1) is 27.1. The second-order valence-corrected chi connectivity index (χ2v) is 9.66. The van der Waals surface area contributed by atoms with Crippen LogP contribution in [0.3, 0.4) is 0 Å². The van der Waals surface area contributed by atoms with Crippen LogP contribution in [-0.2, 0) is 18.8 Å². The molecule has 0 unspecified atom stereocenters. The summed E-state index contributed by atoms with van der Waals surface area (Å²) in [6, 6.07) is 17.8. The predicted molar refractivity (Wildman–Crippen MR) is 134 cm³/mol. The van der Waals surface area contributed by atoms with Gasteiger partial charge in [-0.15, -0.1) is 0 Å². The van der Waals surface area contributed by atoms with Gasteiger partial charge < -0.3 is 29.3 Å². The quantitative estimate of drug-likeness (QED) is 0.285. The average molecular weight is 541 g/mol. The molecular weight excluding hydrogens is 517 g/mol. The van der Waals surface area contributed by atoms with Gasteiger partial charge in [0, 0.05) is 24.7 Å². The smallest absolute Gasteiger partial charge is 0.351 e. The van der Waals surface area contributed by atoms with Crippen LogP contribution in [0.15, 0.2) is 89.6 Å². The lowest BCUT2D eigenvalue weighted by molar-refractivity contribution is -0.0524. The number of anilines is 1. The van der Waals surface area contributed by atoms with Gasteiger partial charge in [0.2, 0.25) is 0 Å².